The molecule has 0 aliphatic rings. The number of thiazole rings is 1. The van der Waals surface area contributed by atoms with Crippen LogP contribution in [0.25, 0.3) is 22.3 Å². The topological polar surface area (TPSA) is 64.7 Å². The number of methoxy groups -OCH3 is 1. The Bertz CT molecular complexity index is 1160. The summed E-state index contributed by atoms with van der Waals surface area (Å²) in [6.45, 7) is 1.15. The third kappa shape index (κ3) is 4.05. The van der Waals surface area contributed by atoms with E-state index < -0.39 is 0 Å². The van der Waals surface area contributed by atoms with Crippen LogP contribution in [0, 0.1) is 0 Å². The number of fused-ring (bicyclic) bond motifs is 1. The maximum absolute atomic E-state index is 5.11. The number of hydrogen-bond acceptors (Lipinski definition) is 6. The van der Waals surface area contributed by atoms with E-state index in [9.17, 15) is 0 Å². The predicted octanol–water partition coefficient (Wildman–Crippen LogP) is 3.59. The summed E-state index contributed by atoms with van der Waals surface area (Å²) in [5.41, 5.74) is 4.46. The van der Waals surface area contributed by atoms with Crippen LogP contribution in [0.15, 0.2) is 76.3 Å². The van der Waals surface area contributed by atoms with Crippen LogP contribution in [0.1, 0.15) is 5.69 Å². The summed E-state index contributed by atoms with van der Waals surface area (Å²) in [5, 5.41) is 6.72. The van der Waals surface area contributed by atoms with Gasteiger partial charge < -0.3 is 4.74 Å². The summed E-state index contributed by atoms with van der Waals surface area (Å²) in [7, 11) is 1.67. The van der Waals surface area contributed by atoms with E-state index in [0.29, 0.717) is 18.8 Å². The molecule has 2 aromatic heterocycles. The SMILES string of the molecule is COCCN=c1scc(-c2ccccc2)n1/N=C\c1cnc2ccccc2n1. The lowest BCUT2D eigenvalue weighted by Gasteiger charge is -2.03. The highest BCUT2D eigenvalue weighted by Crippen LogP contribution is 2.19. The standard InChI is InChI=1S/C21H19N5OS/c1-27-12-11-22-21-26(20(15-28-21)16-7-3-2-4-8-16)24-14-17-13-23-18-9-5-6-10-19(18)25-17/h2-10,13-15H,11-12H2,1H3/b22-21?,24-14-. The monoisotopic (exact) mass is 389 g/mol. The van der Waals surface area contributed by atoms with Crippen LogP contribution in [0.3, 0.4) is 0 Å². The van der Waals surface area contributed by atoms with Gasteiger partial charge in [-0.05, 0) is 12.1 Å². The van der Waals surface area contributed by atoms with Crippen molar-refractivity contribution in [3.05, 3.63) is 76.7 Å². The molecule has 4 aromatic rings. The number of hydrogen-bond donors (Lipinski definition) is 0. The molecule has 28 heavy (non-hydrogen) atoms. The Hall–Kier alpha value is -3.16. The van der Waals surface area contributed by atoms with Gasteiger partial charge in [-0.1, -0.05) is 42.5 Å². The molecule has 0 radical (unpaired) electrons. The molecule has 2 heterocycles. The van der Waals surface area contributed by atoms with Crippen molar-refractivity contribution >= 4 is 28.6 Å². The molecule has 4 rings (SSSR count). The fraction of sp³-hybridized carbons (Fsp3) is 0.143. The highest BCUT2D eigenvalue weighted by Gasteiger charge is 2.07. The first-order valence-electron chi connectivity index (χ1n) is 8.87. The lowest BCUT2D eigenvalue weighted by atomic mass is 10.2. The molecule has 0 amide bonds. The summed E-state index contributed by atoms with van der Waals surface area (Å²) in [4.78, 5) is 14.5. The molecule has 0 spiro atoms. The normalized spacial score (nSPS) is 12.2. The molecule has 2 aromatic carbocycles. The maximum Gasteiger partial charge on any atom is 0.206 e. The predicted molar refractivity (Wildman–Crippen MR) is 113 cm³/mol. The van der Waals surface area contributed by atoms with Crippen molar-refractivity contribution in [2.24, 2.45) is 10.1 Å². The van der Waals surface area contributed by atoms with Crippen molar-refractivity contribution in [2.75, 3.05) is 20.3 Å². The second-order valence-corrected chi connectivity index (χ2v) is 6.82. The van der Waals surface area contributed by atoms with Crippen molar-refractivity contribution in [1.29, 1.82) is 0 Å². The highest BCUT2D eigenvalue weighted by molar-refractivity contribution is 7.07. The Morgan fingerprint density at radius 3 is 2.68 bits per heavy atom. The number of benzene rings is 2. The summed E-state index contributed by atoms with van der Waals surface area (Å²) in [6.07, 6.45) is 3.44. The molecule has 0 aliphatic carbocycles. The Kier molecular flexibility index (Phi) is 5.65. The molecule has 0 saturated carbocycles. The van der Waals surface area contributed by atoms with Gasteiger partial charge in [0, 0.05) is 18.1 Å². The third-order valence-corrected chi connectivity index (χ3v) is 4.92. The molecule has 0 aliphatic heterocycles. The van der Waals surface area contributed by atoms with Crippen molar-refractivity contribution in [3.8, 4) is 11.3 Å². The van der Waals surface area contributed by atoms with Gasteiger partial charge in [0.25, 0.3) is 0 Å². The van der Waals surface area contributed by atoms with Crippen LogP contribution >= 0.6 is 11.3 Å². The molecule has 7 heteroatoms. The maximum atomic E-state index is 5.11. The first-order valence-corrected chi connectivity index (χ1v) is 9.74. The Labute approximate surface area is 166 Å². The van der Waals surface area contributed by atoms with Crippen LogP contribution in [0.2, 0.25) is 0 Å². The van der Waals surface area contributed by atoms with Gasteiger partial charge >= 0.3 is 0 Å². The lowest BCUT2D eigenvalue weighted by Crippen LogP contribution is -2.14. The second kappa shape index (κ2) is 8.69. The first kappa shape index (κ1) is 18.2. The van der Waals surface area contributed by atoms with Crippen LogP contribution in [0.4, 0.5) is 0 Å². The molecule has 0 atom stereocenters. The highest BCUT2D eigenvalue weighted by atomic mass is 32.1. The van der Waals surface area contributed by atoms with Crippen molar-refractivity contribution in [2.45, 2.75) is 0 Å². The van der Waals surface area contributed by atoms with Gasteiger partial charge in [-0.25, -0.2) is 9.66 Å². The molecular weight excluding hydrogens is 370 g/mol. The van der Waals surface area contributed by atoms with Gasteiger partial charge in [-0.2, -0.15) is 5.10 Å². The van der Waals surface area contributed by atoms with E-state index in [1.54, 1.807) is 30.9 Å². The Morgan fingerprint density at radius 1 is 1.07 bits per heavy atom. The summed E-state index contributed by atoms with van der Waals surface area (Å²) in [6, 6.07) is 17.9. The van der Waals surface area contributed by atoms with Gasteiger partial charge in [0.1, 0.15) is 5.69 Å². The van der Waals surface area contributed by atoms with Gasteiger partial charge in [0.05, 0.1) is 42.3 Å². The summed E-state index contributed by atoms with van der Waals surface area (Å²) >= 11 is 1.55. The molecule has 0 N–H and O–H groups in total. The minimum absolute atomic E-state index is 0.568. The molecule has 140 valence electrons. The van der Waals surface area contributed by atoms with E-state index in [1.807, 2.05) is 47.1 Å². The Morgan fingerprint density at radius 2 is 1.86 bits per heavy atom. The van der Waals surface area contributed by atoms with E-state index in [4.69, 9.17) is 4.74 Å². The smallest absolute Gasteiger partial charge is 0.206 e. The zero-order valence-electron chi connectivity index (χ0n) is 15.4. The lowest BCUT2D eigenvalue weighted by molar-refractivity contribution is 0.207. The molecule has 0 fully saturated rings. The van der Waals surface area contributed by atoms with Gasteiger partial charge in [0.2, 0.25) is 4.80 Å². The van der Waals surface area contributed by atoms with Crippen molar-refractivity contribution in [3.63, 3.8) is 0 Å². The molecule has 6 nitrogen and oxygen atoms in total. The van der Waals surface area contributed by atoms with E-state index in [1.165, 1.54) is 0 Å². The second-order valence-electron chi connectivity index (χ2n) is 5.98. The van der Waals surface area contributed by atoms with E-state index in [2.05, 4.69) is 37.6 Å². The number of para-hydroxylation sites is 2. The molecule has 0 unspecified atom stereocenters. The van der Waals surface area contributed by atoms with Crippen LogP contribution < -0.4 is 4.80 Å². The average molecular weight is 389 g/mol. The largest absolute Gasteiger partial charge is 0.383 e. The zero-order valence-corrected chi connectivity index (χ0v) is 16.2. The van der Waals surface area contributed by atoms with Gasteiger partial charge in [-0.3, -0.25) is 9.98 Å². The summed E-state index contributed by atoms with van der Waals surface area (Å²) < 4.78 is 6.95. The quantitative estimate of drug-likeness (QED) is 0.374. The van der Waals surface area contributed by atoms with Crippen LogP contribution in [-0.4, -0.2) is 41.1 Å². The fourth-order valence-electron chi connectivity index (χ4n) is 2.71. The minimum Gasteiger partial charge on any atom is -0.383 e. The molecule has 0 bridgehead atoms. The van der Waals surface area contributed by atoms with Crippen LogP contribution in [0.5, 0.6) is 0 Å². The van der Waals surface area contributed by atoms with E-state index in [-0.39, 0.29) is 0 Å². The number of ether oxygens (including phenoxy) is 1. The third-order valence-electron chi connectivity index (χ3n) is 4.07. The Balaban J connectivity index is 1.74. The van der Waals surface area contributed by atoms with Crippen molar-refractivity contribution in [1.82, 2.24) is 14.6 Å². The van der Waals surface area contributed by atoms with Crippen LogP contribution in [-0.2, 0) is 4.74 Å². The minimum atomic E-state index is 0.568. The zero-order chi connectivity index (χ0) is 19.2. The number of rotatable bonds is 6. The van der Waals surface area contributed by atoms with Gasteiger partial charge in [0.15, 0.2) is 0 Å². The molecular formula is C21H19N5OS. The number of nitrogens with zero attached hydrogens (tertiary/aromatic N) is 5. The van der Waals surface area contributed by atoms with E-state index in [0.717, 1.165) is 27.1 Å². The van der Waals surface area contributed by atoms with E-state index >= 15 is 0 Å². The first-order chi connectivity index (χ1) is 13.8. The number of aromatic nitrogens is 3. The summed E-state index contributed by atoms with van der Waals surface area (Å²) in [5.74, 6) is 0. The molecule has 0 saturated heterocycles. The average Bonchev–Trinajstić information content (AvgIpc) is 3.15. The fourth-order valence-corrected chi connectivity index (χ4v) is 3.57. The van der Waals surface area contributed by atoms with Gasteiger partial charge in [-0.15, -0.1) is 11.3 Å². The van der Waals surface area contributed by atoms with Crippen molar-refractivity contribution < 1.29 is 4.74 Å².